The van der Waals surface area contributed by atoms with Gasteiger partial charge in [0.05, 0.1) is 0 Å². The Kier molecular flexibility index (Phi) is 6.14. The number of rotatable bonds is 6. The Morgan fingerprint density at radius 2 is 1.93 bits per heavy atom. The zero-order valence-electron chi connectivity index (χ0n) is 18.2. The molecule has 1 N–H and O–H groups in total. The molecule has 2 aliphatic heterocycles. The molecule has 3 atom stereocenters. The van der Waals surface area contributed by atoms with Crippen LogP contribution >= 0.6 is 0 Å². The van der Waals surface area contributed by atoms with Crippen molar-refractivity contribution in [2.75, 3.05) is 13.1 Å². The van der Waals surface area contributed by atoms with Crippen molar-refractivity contribution >= 4 is 11.8 Å². The molecule has 6 heteroatoms. The molecule has 2 fully saturated rings. The van der Waals surface area contributed by atoms with Crippen LogP contribution in [0.5, 0.6) is 5.75 Å². The number of piperidine rings is 1. The number of carbonyl (C=O) groups is 2. The second kappa shape index (κ2) is 8.80. The summed E-state index contributed by atoms with van der Waals surface area (Å²) < 4.78 is 6.47. The maximum Gasteiger partial charge on any atom is 0.255 e. The first kappa shape index (κ1) is 20.9. The lowest BCUT2D eigenvalue weighted by atomic mass is 9.91. The maximum absolute atomic E-state index is 12.9. The summed E-state index contributed by atoms with van der Waals surface area (Å²) in [4.78, 5) is 29.5. The minimum absolute atomic E-state index is 0.0668. The highest BCUT2D eigenvalue weighted by atomic mass is 16.5. The molecule has 1 aliphatic carbocycles. The number of hydrogen-bond donors (Lipinski definition) is 1. The SMILES string of the molecule is C=C1CCC(N2Cc3cc(O[C@@H]4CCCC[C@H]4N(CC)CC)ccc3C2=O)C(=O)N1. The molecule has 3 aliphatic rings. The van der Waals surface area contributed by atoms with Crippen LogP contribution < -0.4 is 10.1 Å². The monoisotopic (exact) mass is 411 g/mol. The number of benzene rings is 1. The highest BCUT2D eigenvalue weighted by Gasteiger charge is 2.38. The number of nitrogens with one attached hydrogen (secondary N) is 1. The molecule has 1 saturated carbocycles. The fraction of sp³-hybridized carbons (Fsp3) is 0.583. The first-order valence-electron chi connectivity index (χ1n) is 11.3. The van der Waals surface area contributed by atoms with Crippen LogP contribution in [0.25, 0.3) is 0 Å². The van der Waals surface area contributed by atoms with Crippen LogP contribution in [0.2, 0.25) is 0 Å². The first-order chi connectivity index (χ1) is 14.5. The highest BCUT2D eigenvalue weighted by Crippen LogP contribution is 2.33. The first-order valence-corrected chi connectivity index (χ1v) is 11.3. The van der Waals surface area contributed by atoms with Gasteiger partial charge in [-0.2, -0.15) is 0 Å². The van der Waals surface area contributed by atoms with E-state index in [1.807, 2.05) is 18.2 Å². The van der Waals surface area contributed by atoms with Gasteiger partial charge in [-0.05, 0) is 69.0 Å². The Hall–Kier alpha value is -2.34. The summed E-state index contributed by atoms with van der Waals surface area (Å²) in [5, 5.41) is 2.79. The van der Waals surface area contributed by atoms with Gasteiger partial charge in [0, 0.05) is 23.8 Å². The lowest BCUT2D eigenvalue weighted by Crippen LogP contribution is -2.49. The van der Waals surface area contributed by atoms with Crippen molar-refractivity contribution in [3.8, 4) is 5.75 Å². The quantitative estimate of drug-likeness (QED) is 0.779. The van der Waals surface area contributed by atoms with Gasteiger partial charge in [-0.15, -0.1) is 0 Å². The second-order valence-corrected chi connectivity index (χ2v) is 8.63. The normalized spacial score (nSPS) is 26.7. The van der Waals surface area contributed by atoms with Crippen molar-refractivity contribution in [2.24, 2.45) is 0 Å². The van der Waals surface area contributed by atoms with E-state index in [9.17, 15) is 9.59 Å². The van der Waals surface area contributed by atoms with Gasteiger partial charge >= 0.3 is 0 Å². The number of fused-ring (bicyclic) bond motifs is 1. The summed E-state index contributed by atoms with van der Waals surface area (Å²) in [6.07, 6.45) is 6.20. The highest BCUT2D eigenvalue weighted by molar-refractivity contribution is 6.01. The molecule has 6 nitrogen and oxygen atoms in total. The molecule has 1 aromatic rings. The summed E-state index contributed by atoms with van der Waals surface area (Å²) in [6.45, 7) is 10.8. The van der Waals surface area contributed by atoms with E-state index in [4.69, 9.17) is 4.74 Å². The van der Waals surface area contributed by atoms with Crippen molar-refractivity contribution in [1.82, 2.24) is 15.1 Å². The Morgan fingerprint density at radius 3 is 2.67 bits per heavy atom. The number of ether oxygens (including phenoxy) is 1. The average molecular weight is 412 g/mol. The van der Waals surface area contributed by atoms with Crippen LogP contribution in [0.15, 0.2) is 30.5 Å². The molecule has 0 aromatic heterocycles. The van der Waals surface area contributed by atoms with Crippen LogP contribution in [0.3, 0.4) is 0 Å². The van der Waals surface area contributed by atoms with Crippen molar-refractivity contribution < 1.29 is 14.3 Å². The summed E-state index contributed by atoms with van der Waals surface area (Å²) in [5.74, 6) is 0.630. The molecule has 0 radical (unpaired) electrons. The van der Waals surface area contributed by atoms with Crippen molar-refractivity contribution in [1.29, 1.82) is 0 Å². The van der Waals surface area contributed by atoms with E-state index in [1.54, 1.807) is 4.90 Å². The largest absolute Gasteiger partial charge is 0.489 e. The fourth-order valence-electron chi connectivity index (χ4n) is 5.20. The number of hydrogen-bond acceptors (Lipinski definition) is 4. The van der Waals surface area contributed by atoms with E-state index in [2.05, 4.69) is 30.6 Å². The Morgan fingerprint density at radius 1 is 1.17 bits per heavy atom. The van der Waals surface area contributed by atoms with Gasteiger partial charge in [-0.25, -0.2) is 0 Å². The summed E-state index contributed by atoms with van der Waals surface area (Å²) in [7, 11) is 0. The molecular weight excluding hydrogens is 378 g/mol. The van der Waals surface area contributed by atoms with Gasteiger partial charge in [-0.3, -0.25) is 14.5 Å². The Bertz CT molecular complexity index is 833. The van der Waals surface area contributed by atoms with Crippen LogP contribution in [0.4, 0.5) is 0 Å². The minimum Gasteiger partial charge on any atom is -0.489 e. The van der Waals surface area contributed by atoms with Gasteiger partial charge in [-0.1, -0.05) is 26.8 Å². The van der Waals surface area contributed by atoms with Crippen LogP contribution in [0, 0.1) is 0 Å². The molecule has 1 unspecified atom stereocenters. The molecule has 30 heavy (non-hydrogen) atoms. The average Bonchev–Trinajstić information content (AvgIpc) is 3.06. The maximum atomic E-state index is 12.9. The topological polar surface area (TPSA) is 61.9 Å². The predicted molar refractivity (Wildman–Crippen MR) is 116 cm³/mol. The fourth-order valence-corrected chi connectivity index (χ4v) is 5.20. The second-order valence-electron chi connectivity index (χ2n) is 8.63. The molecule has 1 aromatic carbocycles. The zero-order chi connectivity index (χ0) is 21.3. The number of carbonyl (C=O) groups excluding carboxylic acids is 2. The third kappa shape index (κ3) is 3.97. The summed E-state index contributed by atoms with van der Waals surface area (Å²) in [6, 6.07) is 5.80. The van der Waals surface area contributed by atoms with Gasteiger partial charge < -0.3 is 15.0 Å². The Labute approximate surface area is 179 Å². The molecule has 2 amide bonds. The molecule has 0 bridgehead atoms. The van der Waals surface area contributed by atoms with E-state index < -0.39 is 6.04 Å². The van der Waals surface area contributed by atoms with Gasteiger partial charge in [0.15, 0.2) is 0 Å². The third-order valence-electron chi connectivity index (χ3n) is 6.84. The van der Waals surface area contributed by atoms with Crippen LogP contribution in [-0.2, 0) is 11.3 Å². The molecule has 2 heterocycles. The minimum atomic E-state index is -0.426. The number of nitrogens with zero attached hydrogens (tertiary/aromatic N) is 2. The Balaban J connectivity index is 1.48. The predicted octanol–water partition coefficient (Wildman–Crippen LogP) is 3.47. The van der Waals surface area contributed by atoms with E-state index in [0.29, 0.717) is 31.0 Å². The number of likely N-dealkylation sites (N-methyl/N-ethyl adjacent to an activating group) is 1. The van der Waals surface area contributed by atoms with E-state index in [-0.39, 0.29) is 17.9 Å². The molecular formula is C24H33N3O3. The van der Waals surface area contributed by atoms with Crippen LogP contribution in [0.1, 0.15) is 68.3 Å². The number of amides is 2. The molecule has 4 rings (SSSR count). The van der Waals surface area contributed by atoms with E-state index in [1.165, 1.54) is 19.3 Å². The molecule has 0 spiro atoms. The summed E-state index contributed by atoms with van der Waals surface area (Å²) in [5.41, 5.74) is 2.36. The van der Waals surface area contributed by atoms with E-state index >= 15 is 0 Å². The molecule has 1 saturated heterocycles. The summed E-state index contributed by atoms with van der Waals surface area (Å²) >= 11 is 0. The smallest absolute Gasteiger partial charge is 0.255 e. The van der Waals surface area contributed by atoms with Crippen molar-refractivity contribution in [3.63, 3.8) is 0 Å². The zero-order valence-corrected chi connectivity index (χ0v) is 18.2. The van der Waals surface area contributed by atoms with Crippen molar-refractivity contribution in [3.05, 3.63) is 41.6 Å². The lowest BCUT2D eigenvalue weighted by Gasteiger charge is -2.39. The van der Waals surface area contributed by atoms with Gasteiger partial charge in [0.25, 0.3) is 5.91 Å². The third-order valence-corrected chi connectivity index (χ3v) is 6.84. The van der Waals surface area contributed by atoms with Crippen LogP contribution in [-0.4, -0.2) is 52.9 Å². The van der Waals surface area contributed by atoms with Crippen molar-refractivity contribution in [2.45, 2.75) is 77.1 Å². The lowest BCUT2D eigenvalue weighted by molar-refractivity contribution is -0.126. The van der Waals surface area contributed by atoms with Gasteiger partial charge in [0.2, 0.25) is 5.91 Å². The number of allylic oxidation sites excluding steroid dienone is 1. The standard InChI is InChI=1S/C24H33N3O3/c1-4-26(5-2)20-8-6-7-9-22(20)30-18-11-12-19-17(14-18)15-27(24(19)29)21-13-10-16(3)25-23(21)28/h11-12,14,20-22H,3-10,13,15H2,1-2H3,(H,25,28)/t20-,21?,22-/m1/s1. The van der Waals surface area contributed by atoms with E-state index in [0.717, 1.165) is 36.5 Å². The molecule has 162 valence electrons. The van der Waals surface area contributed by atoms with Gasteiger partial charge in [0.1, 0.15) is 17.9 Å².